The van der Waals surface area contributed by atoms with E-state index in [1.807, 2.05) is 0 Å². The highest BCUT2D eigenvalue weighted by atomic mass is 19.1. The van der Waals surface area contributed by atoms with Crippen molar-refractivity contribution >= 4 is 35.1 Å². The maximum Gasteiger partial charge on any atom is 0.342 e. The number of hydrogen-bond acceptors (Lipinski definition) is 6. The predicted molar refractivity (Wildman–Crippen MR) is 130 cm³/mol. The van der Waals surface area contributed by atoms with Gasteiger partial charge in [-0.15, -0.1) is 0 Å². The minimum atomic E-state index is -0.831. The Labute approximate surface area is 206 Å². The molecule has 0 aliphatic rings. The molecule has 0 atom stereocenters. The topological polar surface area (TPSA) is 114 Å². The van der Waals surface area contributed by atoms with E-state index in [0.717, 1.165) is 0 Å². The average Bonchev–Trinajstić information content (AvgIpc) is 2.87. The molecule has 3 aromatic rings. The first-order chi connectivity index (χ1) is 17.2. The molecular formula is C26H24FN3O6. The van der Waals surface area contributed by atoms with Gasteiger partial charge in [0.25, 0.3) is 17.7 Å². The zero-order valence-electron chi connectivity index (χ0n) is 19.6. The Balaban J connectivity index is 1.52. The molecule has 3 aromatic carbocycles. The highest BCUT2D eigenvalue weighted by Crippen LogP contribution is 2.20. The zero-order chi connectivity index (χ0) is 26.1. The lowest BCUT2D eigenvalue weighted by molar-refractivity contribution is -0.119. The predicted octanol–water partition coefficient (Wildman–Crippen LogP) is 3.34. The van der Waals surface area contributed by atoms with Crippen molar-refractivity contribution in [1.82, 2.24) is 4.90 Å². The quantitative estimate of drug-likeness (QED) is 0.442. The molecule has 0 aliphatic carbocycles. The third kappa shape index (κ3) is 7.13. The highest BCUT2D eigenvalue weighted by molar-refractivity contribution is 5.98. The van der Waals surface area contributed by atoms with Gasteiger partial charge in [-0.2, -0.15) is 0 Å². The molecular weight excluding hydrogens is 469 g/mol. The van der Waals surface area contributed by atoms with Crippen LogP contribution in [0.3, 0.4) is 0 Å². The van der Waals surface area contributed by atoms with Crippen LogP contribution in [0.5, 0.6) is 5.75 Å². The molecule has 0 saturated heterocycles. The van der Waals surface area contributed by atoms with E-state index in [4.69, 9.17) is 9.47 Å². The van der Waals surface area contributed by atoms with Gasteiger partial charge in [-0.3, -0.25) is 14.4 Å². The molecule has 9 nitrogen and oxygen atoms in total. The van der Waals surface area contributed by atoms with E-state index in [0.29, 0.717) is 11.3 Å². The Morgan fingerprint density at radius 3 is 2.14 bits per heavy atom. The Bertz CT molecular complexity index is 1260. The van der Waals surface area contributed by atoms with Crippen LogP contribution in [0.1, 0.15) is 20.7 Å². The molecule has 0 aromatic heterocycles. The van der Waals surface area contributed by atoms with Gasteiger partial charge in [-0.25, -0.2) is 9.18 Å². The summed E-state index contributed by atoms with van der Waals surface area (Å²) in [5.41, 5.74) is 0.902. The van der Waals surface area contributed by atoms with Crippen LogP contribution < -0.4 is 15.4 Å². The lowest BCUT2D eigenvalue weighted by Crippen LogP contribution is -2.23. The maximum atomic E-state index is 13.7. The first-order valence-corrected chi connectivity index (χ1v) is 10.8. The Morgan fingerprint density at radius 2 is 1.44 bits per heavy atom. The second-order valence-corrected chi connectivity index (χ2v) is 7.71. The highest BCUT2D eigenvalue weighted by Gasteiger charge is 2.17. The van der Waals surface area contributed by atoms with Gasteiger partial charge in [0.05, 0.1) is 5.69 Å². The van der Waals surface area contributed by atoms with Crippen LogP contribution in [0, 0.1) is 5.82 Å². The largest absolute Gasteiger partial charge is 0.483 e. The average molecular weight is 493 g/mol. The van der Waals surface area contributed by atoms with Crippen molar-refractivity contribution in [3.05, 3.63) is 89.7 Å². The fraction of sp³-hybridized carbons (Fsp3) is 0.154. The van der Waals surface area contributed by atoms with Crippen molar-refractivity contribution in [1.29, 1.82) is 0 Å². The third-order valence-electron chi connectivity index (χ3n) is 4.77. The second kappa shape index (κ2) is 12.1. The number of amides is 3. The number of nitrogens with zero attached hydrogens (tertiary/aromatic N) is 1. The summed E-state index contributed by atoms with van der Waals surface area (Å²) in [6, 6.07) is 18.0. The van der Waals surface area contributed by atoms with Gasteiger partial charge in [0, 0.05) is 25.3 Å². The number of esters is 1. The number of hydrogen-bond donors (Lipinski definition) is 2. The zero-order valence-corrected chi connectivity index (χ0v) is 19.6. The molecule has 0 saturated carbocycles. The van der Waals surface area contributed by atoms with Gasteiger partial charge in [0.1, 0.15) is 17.1 Å². The van der Waals surface area contributed by atoms with Crippen molar-refractivity contribution in [3.63, 3.8) is 0 Å². The number of ether oxygens (including phenoxy) is 2. The SMILES string of the molecule is CN(C)C(=O)c1ccc(NC(=O)COC(=O)c2ccccc2OCC(=O)Nc2ccccc2F)cc1. The Kier molecular flexibility index (Phi) is 8.71. The van der Waals surface area contributed by atoms with Crippen LogP contribution in [0.4, 0.5) is 15.8 Å². The first-order valence-electron chi connectivity index (χ1n) is 10.8. The lowest BCUT2D eigenvalue weighted by atomic mass is 10.2. The molecule has 3 amide bonds. The number of carbonyl (C=O) groups is 4. The molecule has 36 heavy (non-hydrogen) atoms. The number of para-hydroxylation sites is 2. The minimum absolute atomic E-state index is 0.00347. The van der Waals surface area contributed by atoms with E-state index in [2.05, 4.69) is 10.6 Å². The third-order valence-corrected chi connectivity index (χ3v) is 4.77. The van der Waals surface area contributed by atoms with E-state index in [1.165, 1.54) is 35.2 Å². The molecule has 2 N–H and O–H groups in total. The molecule has 0 heterocycles. The summed E-state index contributed by atoms with van der Waals surface area (Å²) in [7, 11) is 3.27. The Morgan fingerprint density at radius 1 is 0.806 bits per heavy atom. The number of nitrogens with one attached hydrogen (secondary N) is 2. The summed E-state index contributed by atoms with van der Waals surface area (Å²) in [6.07, 6.45) is 0. The fourth-order valence-corrected chi connectivity index (χ4v) is 3.01. The molecule has 10 heteroatoms. The monoisotopic (exact) mass is 493 g/mol. The van der Waals surface area contributed by atoms with E-state index in [9.17, 15) is 23.6 Å². The van der Waals surface area contributed by atoms with Crippen LogP contribution in [-0.2, 0) is 14.3 Å². The summed E-state index contributed by atoms with van der Waals surface area (Å²) in [4.78, 5) is 50.2. The summed E-state index contributed by atoms with van der Waals surface area (Å²) < 4.78 is 24.2. The molecule has 0 unspecified atom stereocenters. The van der Waals surface area contributed by atoms with Crippen LogP contribution in [0.25, 0.3) is 0 Å². The van der Waals surface area contributed by atoms with Gasteiger partial charge in [-0.1, -0.05) is 24.3 Å². The van der Waals surface area contributed by atoms with Crippen molar-refractivity contribution < 1.29 is 33.0 Å². The molecule has 0 radical (unpaired) electrons. The smallest absolute Gasteiger partial charge is 0.342 e. The minimum Gasteiger partial charge on any atom is -0.483 e. The van der Waals surface area contributed by atoms with Crippen LogP contribution in [-0.4, -0.2) is 55.9 Å². The maximum absolute atomic E-state index is 13.7. The first kappa shape index (κ1) is 25.9. The molecule has 186 valence electrons. The van der Waals surface area contributed by atoms with Gasteiger partial charge in [0.2, 0.25) is 0 Å². The van der Waals surface area contributed by atoms with Gasteiger partial charge < -0.3 is 25.0 Å². The van der Waals surface area contributed by atoms with Gasteiger partial charge in [0.15, 0.2) is 13.2 Å². The molecule has 0 aliphatic heterocycles. The number of halogens is 1. The number of carbonyl (C=O) groups excluding carboxylic acids is 4. The van der Waals surface area contributed by atoms with Gasteiger partial charge >= 0.3 is 5.97 Å². The van der Waals surface area contributed by atoms with E-state index < -0.39 is 36.8 Å². The molecule has 0 fully saturated rings. The number of rotatable bonds is 9. The Hall–Kier alpha value is -4.73. The summed E-state index contributed by atoms with van der Waals surface area (Å²) in [6.45, 7) is -1.05. The summed E-state index contributed by atoms with van der Waals surface area (Å²) in [5, 5.41) is 4.95. The van der Waals surface area contributed by atoms with Crippen LogP contribution in [0.2, 0.25) is 0 Å². The second-order valence-electron chi connectivity index (χ2n) is 7.71. The summed E-state index contributed by atoms with van der Waals surface area (Å²) >= 11 is 0. The van der Waals surface area contributed by atoms with E-state index >= 15 is 0 Å². The summed E-state index contributed by atoms with van der Waals surface area (Å²) in [5.74, 6) is -2.74. The van der Waals surface area contributed by atoms with Crippen molar-refractivity contribution in [3.8, 4) is 5.75 Å². The van der Waals surface area contributed by atoms with Crippen molar-refractivity contribution in [2.75, 3.05) is 37.9 Å². The fourth-order valence-electron chi connectivity index (χ4n) is 3.01. The molecule has 3 rings (SSSR count). The van der Waals surface area contributed by atoms with E-state index in [-0.39, 0.29) is 22.9 Å². The van der Waals surface area contributed by atoms with Crippen molar-refractivity contribution in [2.45, 2.75) is 0 Å². The van der Waals surface area contributed by atoms with Crippen molar-refractivity contribution in [2.24, 2.45) is 0 Å². The number of anilines is 2. The molecule has 0 spiro atoms. The van der Waals surface area contributed by atoms with Crippen LogP contribution in [0.15, 0.2) is 72.8 Å². The van der Waals surface area contributed by atoms with Gasteiger partial charge in [-0.05, 0) is 48.5 Å². The number of benzene rings is 3. The molecule has 0 bridgehead atoms. The normalized spacial score (nSPS) is 10.2. The van der Waals surface area contributed by atoms with E-state index in [1.54, 1.807) is 56.6 Å². The standard InChI is InChI=1S/C26H24FN3O6/c1-30(2)25(33)17-11-13-18(14-12-17)28-23(31)16-36-26(34)19-7-3-6-10-22(19)35-15-24(32)29-21-9-5-4-8-20(21)27/h3-14H,15-16H2,1-2H3,(H,28,31)(H,29,32). The van der Waals surface area contributed by atoms with Crippen LogP contribution >= 0.6 is 0 Å². The lowest BCUT2D eigenvalue weighted by Gasteiger charge is -2.12.